The highest BCUT2D eigenvalue weighted by Crippen LogP contribution is 2.45. The van der Waals surface area contributed by atoms with Crippen LogP contribution >= 0.6 is 0 Å². The summed E-state index contributed by atoms with van der Waals surface area (Å²) < 4.78 is 28.0. The zero-order chi connectivity index (χ0) is 22.7. The van der Waals surface area contributed by atoms with Gasteiger partial charge in [-0.05, 0) is 23.3 Å². The second-order valence-electron chi connectivity index (χ2n) is 7.01. The number of sulfone groups is 1. The number of nitrogens with two attached hydrogens (primary N) is 1. The van der Waals surface area contributed by atoms with Crippen LogP contribution in [-0.2, 0) is 9.84 Å². The van der Waals surface area contributed by atoms with E-state index in [0.29, 0.717) is 11.1 Å². The van der Waals surface area contributed by atoms with Crippen LogP contribution in [0.3, 0.4) is 0 Å². The molecule has 4 aromatic carbocycles. The molecule has 4 rings (SSSR count). The topological polar surface area (TPSA) is 108 Å². The summed E-state index contributed by atoms with van der Waals surface area (Å²) in [6, 6.07) is 29.6. The highest BCUT2D eigenvalue weighted by molar-refractivity contribution is 7.91. The molecule has 0 aliphatic heterocycles. The van der Waals surface area contributed by atoms with Gasteiger partial charge in [0, 0.05) is 11.1 Å². The molecule has 5 nitrogen and oxygen atoms in total. The lowest BCUT2D eigenvalue weighted by atomic mass is 9.89. The van der Waals surface area contributed by atoms with E-state index in [1.165, 1.54) is 12.1 Å². The maximum absolute atomic E-state index is 14.0. The van der Waals surface area contributed by atoms with Gasteiger partial charge in [-0.25, -0.2) is 8.42 Å². The van der Waals surface area contributed by atoms with Crippen LogP contribution in [0.5, 0.6) is 0 Å². The predicted octanol–water partition coefficient (Wildman–Crippen LogP) is 5.18. The molecule has 6 heteroatoms. The fraction of sp³-hybridized carbons (Fsp3) is 0. The minimum absolute atomic E-state index is 0.0399. The van der Waals surface area contributed by atoms with Gasteiger partial charge < -0.3 is 5.73 Å². The van der Waals surface area contributed by atoms with Crippen molar-refractivity contribution in [1.29, 1.82) is 10.5 Å². The minimum Gasteiger partial charge on any atom is -0.397 e. The predicted molar refractivity (Wildman–Crippen MR) is 123 cm³/mol. The third-order valence-corrected chi connectivity index (χ3v) is 7.00. The zero-order valence-corrected chi connectivity index (χ0v) is 17.7. The van der Waals surface area contributed by atoms with Crippen molar-refractivity contribution in [2.75, 3.05) is 5.73 Å². The minimum atomic E-state index is -4.14. The zero-order valence-electron chi connectivity index (χ0n) is 16.9. The Labute approximate surface area is 186 Å². The molecular formula is C26H17N3O2S. The van der Waals surface area contributed by atoms with Crippen molar-refractivity contribution >= 4 is 15.5 Å². The molecule has 0 atom stereocenters. The van der Waals surface area contributed by atoms with E-state index < -0.39 is 9.84 Å². The van der Waals surface area contributed by atoms with Crippen LogP contribution in [0.2, 0.25) is 0 Å². The molecule has 0 unspecified atom stereocenters. The van der Waals surface area contributed by atoms with E-state index in [0.717, 1.165) is 0 Å². The number of hydrogen-bond donors (Lipinski definition) is 1. The fourth-order valence-electron chi connectivity index (χ4n) is 3.73. The number of hydrogen-bond acceptors (Lipinski definition) is 5. The van der Waals surface area contributed by atoms with Crippen LogP contribution < -0.4 is 5.73 Å². The number of benzene rings is 4. The lowest BCUT2D eigenvalue weighted by Gasteiger charge is -2.21. The van der Waals surface area contributed by atoms with Crippen LogP contribution in [0.15, 0.2) is 101 Å². The fourth-order valence-corrected chi connectivity index (χ4v) is 5.45. The normalized spacial score (nSPS) is 10.8. The molecule has 2 N–H and O–H groups in total. The van der Waals surface area contributed by atoms with Gasteiger partial charge in [0.25, 0.3) is 0 Å². The highest BCUT2D eigenvalue weighted by Gasteiger charge is 2.33. The SMILES string of the molecule is N#Cc1c(N)c(C#N)c(-c2ccccc2)c(S(=O)(=O)c2ccccc2)c1-c1ccccc1. The summed E-state index contributed by atoms with van der Waals surface area (Å²) in [6.45, 7) is 0. The van der Waals surface area contributed by atoms with Gasteiger partial charge in [-0.3, -0.25) is 0 Å². The molecule has 0 radical (unpaired) electrons. The first-order valence-corrected chi connectivity index (χ1v) is 11.2. The smallest absolute Gasteiger partial charge is 0.207 e. The molecule has 4 aromatic rings. The Morgan fingerprint density at radius 2 is 1.00 bits per heavy atom. The second kappa shape index (κ2) is 8.39. The van der Waals surface area contributed by atoms with Gasteiger partial charge in [0.05, 0.1) is 26.6 Å². The first-order valence-electron chi connectivity index (χ1n) is 9.71. The average Bonchev–Trinajstić information content (AvgIpc) is 2.84. The van der Waals surface area contributed by atoms with Crippen LogP contribution in [0.1, 0.15) is 11.1 Å². The van der Waals surface area contributed by atoms with E-state index in [4.69, 9.17) is 5.73 Å². The van der Waals surface area contributed by atoms with Crippen molar-refractivity contribution in [3.8, 4) is 34.4 Å². The van der Waals surface area contributed by atoms with Gasteiger partial charge in [-0.15, -0.1) is 0 Å². The summed E-state index contributed by atoms with van der Waals surface area (Å²) in [5.41, 5.74) is 7.59. The molecule has 154 valence electrons. The molecule has 0 saturated heterocycles. The number of nitriles is 2. The summed E-state index contributed by atoms with van der Waals surface area (Å²) in [7, 11) is -4.14. The van der Waals surface area contributed by atoms with Crippen LogP contribution in [0.4, 0.5) is 5.69 Å². The lowest BCUT2D eigenvalue weighted by molar-refractivity contribution is 0.596. The molecule has 32 heavy (non-hydrogen) atoms. The Balaban J connectivity index is 2.30. The summed E-state index contributed by atoms with van der Waals surface area (Å²) >= 11 is 0. The molecule has 0 aliphatic rings. The van der Waals surface area contributed by atoms with Gasteiger partial charge >= 0.3 is 0 Å². The number of nitrogens with zero attached hydrogens (tertiary/aromatic N) is 2. The Morgan fingerprint density at radius 3 is 1.38 bits per heavy atom. The quantitative estimate of drug-likeness (QED) is 0.444. The summed E-state index contributed by atoms with van der Waals surface area (Å²) in [5, 5.41) is 19.9. The molecular weight excluding hydrogens is 418 g/mol. The molecule has 0 bridgehead atoms. The van der Waals surface area contributed by atoms with Crippen LogP contribution in [0, 0.1) is 22.7 Å². The van der Waals surface area contributed by atoms with E-state index in [1.807, 2.05) is 12.1 Å². The van der Waals surface area contributed by atoms with Gasteiger partial charge in [-0.1, -0.05) is 78.9 Å². The van der Waals surface area contributed by atoms with Gasteiger partial charge in [0.1, 0.15) is 12.1 Å². The van der Waals surface area contributed by atoms with Crippen molar-refractivity contribution in [1.82, 2.24) is 0 Å². The maximum Gasteiger partial charge on any atom is 0.207 e. The maximum atomic E-state index is 14.0. The van der Waals surface area contributed by atoms with Crippen molar-refractivity contribution in [3.05, 3.63) is 102 Å². The largest absolute Gasteiger partial charge is 0.397 e. The third-order valence-electron chi connectivity index (χ3n) is 5.16. The standard InChI is InChI=1S/C26H17N3O2S/c27-16-21-23(18-10-4-1-5-11-18)26(32(30,31)20-14-8-3-9-15-20)24(22(17-28)25(21)29)19-12-6-2-7-13-19/h1-15H,29H2. The lowest BCUT2D eigenvalue weighted by Crippen LogP contribution is -2.12. The van der Waals surface area contributed by atoms with E-state index in [9.17, 15) is 18.9 Å². The molecule has 0 amide bonds. The Hall–Kier alpha value is -4.39. The van der Waals surface area contributed by atoms with E-state index in [2.05, 4.69) is 0 Å². The molecule has 0 heterocycles. The average molecular weight is 436 g/mol. The Bertz CT molecular complexity index is 1410. The van der Waals surface area contributed by atoms with Crippen LogP contribution in [-0.4, -0.2) is 8.42 Å². The molecule has 0 aromatic heterocycles. The van der Waals surface area contributed by atoms with E-state index in [-0.39, 0.29) is 37.7 Å². The van der Waals surface area contributed by atoms with Crippen molar-refractivity contribution < 1.29 is 8.42 Å². The van der Waals surface area contributed by atoms with Crippen molar-refractivity contribution in [2.45, 2.75) is 9.79 Å². The van der Waals surface area contributed by atoms with Gasteiger partial charge in [-0.2, -0.15) is 10.5 Å². The van der Waals surface area contributed by atoms with Crippen LogP contribution in [0.25, 0.3) is 22.3 Å². The van der Waals surface area contributed by atoms with E-state index >= 15 is 0 Å². The van der Waals surface area contributed by atoms with Gasteiger partial charge in [0.15, 0.2) is 0 Å². The first kappa shape index (κ1) is 20.9. The second-order valence-corrected chi connectivity index (χ2v) is 8.90. The third kappa shape index (κ3) is 3.39. The molecule has 0 aliphatic carbocycles. The number of anilines is 1. The summed E-state index contributed by atoms with van der Waals surface area (Å²) in [4.78, 5) is -0.0460. The number of nitrogen functional groups attached to an aromatic ring is 1. The summed E-state index contributed by atoms with van der Waals surface area (Å²) in [5.74, 6) is 0. The Kier molecular flexibility index (Phi) is 5.47. The van der Waals surface area contributed by atoms with E-state index in [1.54, 1.807) is 78.9 Å². The first-order chi connectivity index (χ1) is 15.5. The highest BCUT2D eigenvalue weighted by atomic mass is 32.2. The van der Waals surface area contributed by atoms with Crippen molar-refractivity contribution in [3.63, 3.8) is 0 Å². The monoisotopic (exact) mass is 435 g/mol. The summed E-state index contributed by atoms with van der Waals surface area (Å²) in [6.07, 6.45) is 0. The van der Waals surface area contributed by atoms with Gasteiger partial charge in [0.2, 0.25) is 9.84 Å². The number of rotatable bonds is 4. The molecule has 0 spiro atoms. The molecule has 0 saturated carbocycles. The van der Waals surface area contributed by atoms with Crippen molar-refractivity contribution in [2.24, 2.45) is 0 Å². The Morgan fingerprint density at radius 1 is 0.625 bits per heavy atom. The molecule has 0 fully saturated rings.